The van der Waals surface area contributed by atoms with E-state index in [0.29, 0.717) is 34.2 Å². The summed E-state index contributed by atoms with van der Waals surface area (Å²) in [7, 11) is 0. The van der Waals surface area contributed by atoms with E-state index in [9.17, 15) is 9.59 Å². The van der Waals surface area contributed by atoms with Crippen molar-refractivity contribution in [2.75, 3.05) is 11.9 Å². The van der Waals surface area contributed by atoms with Gasteiger partial charge in [0.2, 0.25) is 0 Å². The molecule has 0 bridgehead atoms. The number of rotatable bonds is 5. The zero-order valence-corrected chi connectivity index (χ0v) is 14.8. The van der Waals surface area contributed by atoms with Crippen LogP contribution in [0.2, 0.25) is 5.02 Å². The minimum atomic E-state index is -0.407. The molecule has 0 unspecified atom stereocenters. The number of amides is 1. The highest BCUT2D eigenvalue weighted by molar-refractivity contribution is 7.16. The number of ether oxygens (including phenoxy) is 1. The molecule has 1 N–H and O–H groups in total. The molecule has 0 atom stereocenters. The minimum Gasteiger partial charge on any atom is -0.462 e. The number of carbonyl (C=O) groups is 2. The van der Waals surface area contributed by atoms with Crippen molar-refractivity contribution in [3.63, 3.8) is 0 Å². The summed E-state index contributed by atoms with van der Waals surface area (Å²) in [4.78, 5) is 25.6. The van der Waals surface area contributed by atoms with E-state index < -0.39 is 5.97 Å². The van der Waals surface area contributed by atoms with Crippen molar-refractivity contribution in [2.24, 2.45) is 0 Å². The lowest BCUT2D eigenvalue weighted by atomic mass is 10.1. The van der Waals surface area contributed by atoms with Crippen LogP contribution in [0.5, 0.6) is 0 Å². The third-order valence-electron chi connectivity index (χ3n) is 3.36. The fourth-order valence-corrected chi connectivity index (χ4v) is 3.64. The van der Waals surface area contributed by atoms with Gasteiger partial charge in [-0.3, -0.25) is 4.79 Å². The Balaban J connectivity index is 2.36. The van der Waals surface area contributed by atoms with Crippen molar-refractivity contribution in [3.8, 4) is 0 Å². The maximum atomic E-state index is 12.4. The number of hydrogen-bond acceptors (Lipinski definition) is 4. The molecule has 4 nitrogen and oxygen atoms in total. The van der Waals surface area contributed by atoms with Crippen molar-refractivity contribution in [3.05, 3.63) is 50.9 Å². The molecule has 6 heteroatoms. The van der Waals surface area contributed by atoms with Crippen molar-refractivity contribution in [1.82, 2.24) is 0 Å². The average Bonchev–Trinajstić information content (AvgIpc) is 2.82. The normalized spacial score (nSPS) is 10.4. The Morgan fingerprint density at radius 1 is 1.30 bits per heavy atom. The maximum Gasteiger partial charge on any atom is 0.341 e. The van der Waals surface area contributed by atoms with Crippen LogP contribution < -0.4 is 5.32 Å². The summed E-state index contributed by atoms with van der Waals surface area (Å²) in [6.45, 7) is 5.95. The van der Waals surface area contributed by atoms with Gasteiger partial charge in [-0.25, -0.2) is 4.79 Å². The molecule has 2 rings (SSSR count). The molecule has 1 aromatic heterocycles. The molecule has 0 aliphatic heterocycles. The standard InChI is InChI=1S/C17H18ClNO3S/c1-4-13-10(3)23-16(14(13)17(21)22-5-2)19-15(20)11-7-6-8-12(18)9-11/h6-9H,4-5H2,1-3H3,(H,19,20). The van der Waals surface area contributed by atoms with Gasteiger partial charge in [-0.15, -0.1) is 11.3 Å². The number of carbonyl (C=O) groups excluding carboxylic acids is 2. The number of esters is 1. The minimum absolute atomic E-state index is 0.290. The number of hydrogen-bond donors (Lipinski definition) is 1. The van der Waals surface area contributed by atoms with Gasteiger partial charge in [0.1, 0.15) is 5.00 Å². The maximum absolute atomic E-state index is 12.4. The van der Waals surface area contributed by atoms with Crippen LogP contribution in [0, 0.1) is 6.92 Å². The van der Waals surface area contributed by atoms with Gasteiger partial charge in [0.05, 0.1) is 12.2 Å². The monoisotopic (exact) mass is 351 g/mol. The molecule has 1 heterocycles. The fraction of sp³-hybridized carbons (Fsp3) is 0.294. The molecule has 0 saturated carbocycles. The molecule has 1 amide bonds. The molecular formula is C17H18ClNO3S. The van der Waals surface area contributed by atoms with E-state index in [1.54, 1.807) is 31.2 Å². The summed E-state index contributed by atoms with van der Waals surface area (Å²) in [6, 6.07) is 6.67. The summed E-state index contributed by atoms with van der Waals surface area (Å²) in [6.07, 6.45) is 0.698. The van der Waals surface area contributed by atoms with Crippen molar-refractivity contribution in [1.29, 1.82) is 0 Å². The first-order valence-corrected chi connectivity index (χ1v) is 8.53. The lowest BCUT2D eigenvalue weighted by molar-refractivity contribution is 0.0527. The predicted molar refractivity (Wildman–Crippen MR) is 93.8 cm³/mol. The molecule has 0 aliphatic carbocycles. The van der Waals surface area contributed by atoms with Gasteiger partial charge in [-0.2, -0.15) is 0 Å². The Labute approximate surface area is 144 Å². The fourth-order valence-electron chi connectivity index (χ4n) is 2.32. The molecule has 23 heavy (non-hydrogen) atoms. The quantitative estimate of drug-likeness (QED) is 0.794. The largest absolute Gasteiger partial charge is 0.462 e. The van der Waals surface area contributed by atoms with Gasteiger partial charge in [-0.05, 0) is 44.0 Å². The zero-order valence-electron chi connectivity index (χ0n) is 13.2. The first-order valence-electron chi connectivity index (χ1n) is 7.34. The number of aryl methyl sites for hydroxylation is 1. The molecule has 122 valence electrons. The van der Waals surface area contributed by atoms with Crippen LogP contribution in [0.25, 0.3) is 0 Å². The molecule has 0 spiro atoms. The second-order valence-electron chi connectivity index (χ2n) is 4.88. The van der Waals surface area contributed by atoms with E-state index in [-0.39, 0.29) is 5.91 Å². The second-order valence-corrected chi connectivity index (χ2v) is 6.54. The highest BCUT2D eigenvalue weighted by Gasteiger charge is 2.23. The van der Waals surface area contributed by atoms with E-state index in [1.165, 1.54) is 11.3 Å². The number of benzene rings is 1. The van der Waals surface area contributed by atoms with Gasteiger partial charge in [0.15, 0.2) is 0 Å². The van der Waals surface area contributed by atoms with Crippen LogP contribution in [0.4, 0.5) is 5.00 Å². The van der Waals surface area contributed by atoms with Crippen molar-refractivity contribution >= 4 is 39.8 Å². The lowest BCUT2D eigenvalue weighted by Gasteiger charge is -2.08. The van der Waals surface area contributed by atoms with Crippen LogP contribution in [-0.4, -0.2) is 18.5 Å². The molecule has 0 aliphatic rings. The molecule has 2 aromatic rings. The van der Waals surface area contributed by atoms with E-state index in [4.69, 9.17) is 16.3 Å². The summed E-state index contributed by atoms with van der Waals surface area (Å²) < 4.78 is 5.13. The third kappa shape index (κ3) is 3.92. The van der Waals surface area contributed by atoms with E-state index in [1.807, 2.05) is 13.8 Å². The Morgan fingerprint density at radius 2 is 2.04 bits per heavy atom. The predicted octanol–water partition coefficient (Wildman–Crippen LogP) is 4.70. The Hall–Kier alpha value is -1.85. The van der Waals surface area contributed by atoms with Crippen LogP contribution in [-0.2, 0) is 11.2 Å². The van der Waals surface area contributed by atoms with E-state index in [2.05, 4.69) is 5.32 Å². The first-order chi connectivity index (χ1) is 11.0. The van der Waals surface area contributed by atoms with E-state index in [0.717, 1.165) is 10.4 Å². The topological polar surface area (TPSA) is 55.4 Å². The third-order valence-corrected chi connectivity index (χ3v) is 4.65. The van der Waals surface area contributed by atoms with Crippen LogP contribution >= 0.6 is 22.9 Å². The summed E-state index contributed by atoms with van der Waals surface area (Å²) in [5.41, 5.74) is 1.80. The molecular weight excluding hydrogens is 334 g/mol. The van der Waals surface area contributed by atoms with Gasteiger partial charge < -0.3 is 10.1 Å². The van der Waals surface area contributed by atoms with Crippen molar-refractivity contribution in [2.45, 2.75) is 27.2 Å². The zero-order chi connectivity index (χ0) is 17.0. The SMILES string of the molecule is CCOC(=O)c1c(NC(=O)c2cccc(Cl)c2)sc(C)c1CC. The van der Waals surface area contributed by atoms with Crippen molar-refractivity contribution < 1.29 is 14.3 Å². The average molecular weight is 352 g/mol. The highest BCUT2D eigenvalue weighted by Crippen LogP contribution is 2.34. The smallest absolute Gasteiger partial charge is 0.341 e. The summed E-state index contributed by atoms with van der Waals surface area (Å²) in [5, 5.41) is 3.81. The summed E-state index contributed by atoms with van der Waals surface area (Å²) in [5.74, 6) is -0.711. The second kappa shape index (κ2) is 7.62. The number of halogens is 1. The van der Waals surface area contributed by atoms with E-state index >= 15 is 0 Å². The molecule has 0 saturated heterocycles. The molecule has 0 radical (unpaired) electrons. The Morgan fingerprint density at radius 3 is 2.65 bits per heavy atom. The van der Waals surface area contributed by atoms with Crippen LogP contribution in [0.15, 0.2) is 24.3 Å². The first kappa shape index (κ1) is 17.5. The van der Waals surface area contributed by atoms with Gasteiger partial charge in [0, 0.05) is 15.5 Å². The van der Waals surface area contributed by atoms with Gasteiger partial charge in [-0.1, -0.05) is 24.6 Å². The lowest BCUT2D eigenvalue weighted by Crippen LogP contribution is -2.15. The Bertz CT molecular complexity index is 739. The number of anilines is 1. The molecule has 0 fully saturated rings. The number of thiophene rings is 1. The van der Waals surface area contributed by atoms with Crippen LogP contribution in [0.1, 0.15) is 45.0 Å². The summed E-state index contributed by atoms with van der Waals surface area (Å²) >= 11 is 7.30. The Kier molecular flexibility index (Phi) is 5.80. The van der Waals surface area contributed by atoms with Gasteiger partial charge in [0.25, 0.3) is 5.91 Å². The number of nitrogens with one attached hydrogen (secondary N) is 1. The van der Waals surface area contributed by atoms with Gasteiger partial charge >= 0.3 is 5.97 Å². The highest BCUT2D eigenvalue weighted by atomic mass is 35.5. The molecule has 1 aromatic carbocycles. The van der Waals surface area contributed by atoms with Crippen LogP contribution in [0.3, 0.4) is 0 Å².